The molecule has 0 heterocycles. The van der Waals surface area contributed by atoms with Crippen molar-refractivity contribution in [3.63, 3.8) is 0 Å². The van der Waals surface area contributed by atoms with E-state index in [4.69, 9.17) is 17.3 Å². The van der Waals surface area contributed by atoms with Gasteiger partial charge in [0.15, 0.2) is 0 Å². The van der Waals surface area contributed by atoms with Crippen molar-refractivity contribution in [2.24, 2.45) is 11.7 Å². The molecule has 0 bridgehead atoms. The summed E-state index contributed by atoms with van der Waals surface area (Å²) in [6.07, 6.45) is 1.19. The van der Waals surface area contributed by atoms with Crippen molar-refractivity contribution in [3.05, 3.63) is 70.7 Å². The maximum Gasteiger partial charge on any atom is 0.0406 e. The molecule has 2 heteroatoms. The van der Waals surface area contributed by atoms with Gasteiger partial charge in [-0.3, -0.25) is 0 Å². The largest absolute Gasteiger partial charge is 0.324 e. The lowest BCUT2D eigenvalue weighted by molar-refractivity contribution is 0.616. The lowest BCUT2D eigenvalue weighted by Gasteiger charge is -2.12. The van der Waals surface area contributed by atoms with E-state index in [2.05, 4.69) is 30.3 Å². The third-order valence-corrected chi connectivity index (χ3v) is 4.04. The minimum Gasteiger partial charge on any atom is -0.324 e. The molecule has 0 spiro atoms. The Hall–Kier alpha value is -1.31. The Kier molecular flexibility index (Phi) is 3.11. The van der Waals surface area contributed by atoms with Crippen molar-refractivity contribution in [2.45, 2.75) is 18.4 Å². The van der Waals surface area contributed by atoms with Gasteiger partial charge in [-0.05, 0) is 41.5 Å². The van der Waals surface area contributed by atoms with E-state index in [0.717, 1.165) is 5.02 Å². The standard InChI is InChI=1S/C16H16ClN/c17-13-8-6-12(7-9-13)16(18)15-10-14(15)11-4-2-1-3-5-11/h1-9,14-16H,10,18H2/t14-,15-,16?/m0/s1. The minimum atomic E-state index is 0.118. The SMILES string of the molecule is NC(c1ccc(Cl)cc1)[C@H]1C[C@H]1c1ccccc1. The predicted octanol–water partition coefficient (Wildman–Crippen LogP) is 4.14. The quantitative estimate of drug-likeness (QED) is 0.879. The summed E-state index contributed by atoms with van der Waals surface area (Å²) in [5, 5.41) is 0.765. The fourth-order valence-corrected chi connectivity index (χ4v) is 2.75. The normalized spacial score (nSPS) is 23.7. The zero-order chi connectivity index (χ0) is 12.5. The molecule has 3 rings (SSSR count). The van der Waals surface area contributed by atoms with Gasteiger partial charge in [0.25, 0.3) is 0 Å². The molecule has 1 aliphatic carbocycles. The molecule has 18 heavy (non-hydrogen) atoms. The second kappa shape index (κ2) is 4.75. The van der Waals surface area contributed by atoms with Crippen LogP contribution in [0.2, 0.25) is 5.02 Å². The summed E-state index contributed by atoms with van der Waals surface area (Å²) in [4.78, 5) is 0. The Morgan fingerprint density at radius 2 is 1.67 bits per heavy atom. The van der Waals surface area contributed by atoms with Gasteiger partial charge in [0.05, 0.1) is 0 Å². The molecule has 2 aromatic rings. The summed E-state index contributed by atoms with van der Waals surface area (Å²) in [7, 11) is 0. The van der Waals surface area contributed by atoms with Gasteiger partial charge in [0.2, 0.25) is 0 Å². The van der Waals surface area contributed by atoms with Gasteiger partial charge >= 0.3 is 0 Å². The first-order valence-electron chi connectivity index (χ1n) is 6.31. The first-order valence-corrected chi connectivity index (χ1v) is 6.69. The number of nitrogens with two attached hydrogens (primary N) is 1. The topological polar surface area (TPSA) is 26.0 Å². The molecule has 0 aliphatic heterocycles. The first-order chi connectivity index (χ1) is 8.75. The highest BCUT2D eigenvalue weighted by molar-refractivity contribution is 6.30. The molecular formula is C16H16ClN. The average Bonchev–Trinajstić information content (AvgIpc) is 3.20. The van der Waals surface area contributed by atoms with Crippen LogP contribution in [0.4, 0.5) is 0 Å². The van der Waals surface area contributed by atoms with E-state index in [9.17, 15) is 0 Å². The predicted molar refractivity (Wildman–Crippen MR) is 75.7 cm³/mol. The van der Waals surface area contributed by atoms with Crippen LogP contribution < -0.4 is 5.73 Å². The summed E-state index contributed by atoms with van der Waals surface area (Å²) in [5.41, 5.74) is 8.93. The van der Waals surface area contributed by atoms with Crippen molar-refractivity contribution >= 4 is 11.6 Å². The van der Waals surface area contributed by atoms with Gasteiger partial charge < -0.3 is 5.73 Å². The molecule has 1 nitrogen and oxygen atoms in total. The van der Waals surface area contributed by atoms with Gasteiger partial charge in [-0.2, -0.15) is 0 Å². The number of rotatable bonds is 3. The Balaban J connectivity index is 1.73. The molecule has 0 saturated heterocycles. The second-order valence-electron chi connectivity index (χ2n) is 4.99. The van der Waals surface area contributed by atoms with Gasteiger partial charge in [0.1, 0.15) is 0 Å². The molecule has 3 atom stereocenters. The molecule has 0 amide bonds. The molecule has 0 aromatic heterocycles. The molecular weight excluding hydrogens is 242 g/mol. The van der Waals surface area contributed by atoms with Crippen LogP contribution >= 0.6 is 11.6 Å². The summed E-state index contributed by atoms with van der Waals surface area (Å²) in [6.45, 7) is 0. The molecule has 0 radical (unpaired) electrons. The zero-order valence-corrected chi connectivity index (χ0v) is 10.8. The van der Waals surface area contributed by atoms with Gasteiger partial charge in [-0.1, -0.05) is 54.1 Å². The molecule has 1 saturated carbocycles. The van der Waals surface area contributed by atoms with Crippen LogP contribution in [-0.2, 0) is 0 Å². The first kappa shape index (κ1) is 11.8. The van der Waals surface area contributed by atoms with E-state index < -0.39 is 0 Å². The van der Waals surface area contributed by atoms with Crippen LogP contribution in [0.25, 0.3) is 0 Å². The highest BCUT2D eigenvalue weighted by atomic mass is 35.5. The molecule has 2 N–H and O–H groups in total. The third-order valence-electron chi connectivity index (χ3n) is 3.78. The van der Waals surface area contributed by atoms with Crippen LogP contribution in [0, 0.1) is 5.92 Å². The fourth-order valence-electron chi connectivity index (χ4n) is 2.63. The van der Waals surface area contributed by atoms with Crippen LogP contribution in [-0.4, -0.2) is 0 Å². The molecule has 1 unspecified atom stereocenters. The Bertz CT molecular complexity index is 521. The number of hydrogen-bond acceptors (Lipinski definition) is 1. The zero-order valence-electron chi connectivity index (χ0n) is 10.1. The number of benzene rings is 2. The summed E-state index contributed by atoms with van der Waals surface area (Å²) in [5.74, 6) is 1.19. The second-order valence-corrected chi connectivity index (χ2v) is 5.43. The molecule has 2 aromatic carbocycles. The van der Waals surface area contributed by atoms with Crippen LogP contribution in [0.1, 0.15) is 29.5 Å². The highest BCUT2D eigenvalue weighted by Crippen LogP contribution is 2.53. The van der Waals surface area contributed by atoms with E-state index >= 15 is 0 Å². The van der Waals surface area contributed by atoms with Crippen molar-refractivity contribution in [3.8, 4) is 0 Å². The van der Waals surface area contributed by atoms with E-state index in [0.29, 0.717) is 11.8 Å². The maximum atomic E-state index is 6.34. The van der Waals surface area contributed by atoms with Gasteiger partial charge in [0, 0.05) is 11.1 Å². The smallest absolute Gasteiger partial charge is 0.0406 e. The summed E-state index contributed by atoms with van der Waals surface area (Å²) >= 11 is 5.90. The van der Waals surface area contributed by atoms with E-state index in [1.54, 1.807) is 0 Å². The van der Waals surface area contributed by atoms with Gasteiger partial charge in [-0.25, -0.2) is 0 Å². The third kappa shape index (κ3) is 2.29. The lowest BCUT2D eigenvalue weighted by Crippen LogP contribution is -2.13. The van der Waals surface area contributed by atoms with Crippen molar-refractivity contribution < 1.29 is 0 Å². The maximum absolute atomic E-state index is 6.34. The summed E-state index contributed by atoms with van der Waals surface area (Å²) < 4.78 is 0. The number of halogens is 1. The summed E-state index contributed by atoms with van der Waals surface area (Å²) in [6, 6.07) is 18.6. The Labute approximate surface area is 113 Å². The van der Waals surface area contributed by atoms with Crippen molar-refractivity contribution in [2.75, 3.05) is 0 Å². The van der Waals surface area contributed by atoms with E-state index in [1.165, 1.54) is 17.5 Å². The highest BCUT2D eigenvalue weighted by Gasteiger charge is 2.42. The van der Waals surface area contributed by atoms with Crippen LogP contribution in [0.5, 0.6) is 0 Å². The van der Waals surface area contributed by atoms with Gasteiger partial charge in [-0.15, -0.1) is 0 Å². The fraction of sp³-hybridized carbons (Fsp3) is 0.250. The van der Waals surface area contributed by atoms with Crippen LogP contribution in [0.3, 0.4) is 0 Å². The van der Waals surface area contributed by atoms with Crippen LogP contribution in [0.15, 0.2) is 54.6 Å². The molecule has 92 valence electrons. The average molecular weight is 258 g/mol. The lowest BCUT2D eigenvalue weighted by atomic mass is 10.00. The molecule has 1 aliphatic rings. The Morgan fingerprint density at radius 1 is 1.00 bits per heavy atom. The van der Waals surface area contributed by atoms with E-state index in [1.807, 2.05) is 24.3 Å². The van der Waals surface area contributed by atoms with Crippen molar-refractivity contribution in [1.29, 1.82) is 0 Å². The number of hydrogen-bond donors (Lipinski definition) is 1. The minimum absolute atomic E-state index is 0.118. The molecule has 1 fully saturated rings. The Morgan fingerprint density at radius 3 is 2.33 bits per heavy atom. The van der Waals surface area contributed by atoms with Crippen molar-refractivity contribution in [1.82, 2.24) is 0 Å². The monoisotopic (exact) mass is 257 g/mol. The van der Waals surface area contributed by atoms with E-state index in [-0.39, 0.29) is 6.04 Å².